The number of hydrogen-bond acceptors (Lipinski definition) is 4. The Hall–Kier alpha value is -1.13. The number of fused-ring (bicyclic) bond motifs is 1. The molecule has 18 heavy (non-hydrogen) atoms. The molecule has 2 aromatic rings. The Morgan fingerprint density at radius 1 is 1.33 bits per heavy atom. The SMILES string of the molecule is OCCN(c1nccc2sccc12)C1CCCC1. The van der Waals surface area contributed by atoms with Gasteiger partial charge in [0.25, 0.3) is 0 Å². The molecule has 0 radical (unpaired) electrons. The number of anilines is 1. The fraction of sp³-hybridized carbons (Fsp3) is 0.500. The lowest BCUT2D eigenvalue weighted by molar-refractivity contribution is 0.297. The van der Waals surface area contributed by atoms with Crippen LogP contribution in [0, 0.1) is 0 Å². The molecule has 1 saturated carbocycles. The topological polar surface area (TPSA) is 36.4 Å². The first-order valence-corrected chi connectivity index (χ1v) is 7.48. The number of aliphatic hydroxyl groups excluding tert-OH is 1. The summed E-state index contributed by atoms with van der Waals surface area (Å²) in [6.45, 7) is 0.880. The highest BCUT2D eigenvalue weighted by Crippen LogP contribution is 2.33. The van der Waals surface area contributed by atoms with Crippen LogP contribution in [0.2, 0.25) is 0 Å². The minimum absolute atomic E-state index is 0.193. The van der Waals surface area contributed by atoms with Crippen LogP contribution >= 0.6 is 11.3 Å². The van der Waals surface area contributed by atoms with Gasteiger partial charge in [-0.1, -0.05) is 12.8 Å². The van der Waals surface area contributed by atoms with Crippen LogP contribution in [0.5, 0.6) is 0 Å². The zero-order valence-electron chi connectivity index (χ0n) is 10.4. The van der Waals surface area contributed by atoms with Crippen LogP contribution in [0.15, 0.2) is 23.7 Å². The van der Waals surface area contributed by atoms with Crippen LogP contribution in [-0.4, -0.2) is 29.3 Å². The summed E-state index contributed by atoms with van der Waals surface area (Å²) in [5.74, 6) is 1.05. The maximum Gasteiger partial charge on any atom is 0.137 e. The van der Waals surface area contributed by atoms with Gasteiger partial charge in [0.1, 0.15) is 5.82 Å². The van der Waals surface area contributed by atoms with Crippen LogP contribution in [-0.2, 0) is 0 Å². The van der Waals surface area contributed by atoms with Gasteiger partial charge in [-0.15, -0.1) is 11.3 Å². The van der Waals surface area contributed by atoms with E-state index >= 15 is 0 Å². The summed E-state index contributed by atoms with van der Waals surface area (Å²) in [6.07, 6.45) is 6.93. The molecule has 0 amide bonds. The normalized spacial score (nSPS) is 16.5. The molecular weight excluding hydrogens is 244 g/mol. The first-order chi connectivity index (χ1) is 8.90. The predicted molar refractivity (Wildman–Crippen MR) is 76.3 cm³/mol. The van der Waals surface area contributed by atoms with E-state index in [1.54, 1.807) is 11.3 Å². The highest BCUT2D eigenvalue weighted by Gasteiger charge is 2.24. The Morgan fingerprint density at radius 3 is 2.94 bits per heavy atom. The van der Waals surface area contributed by atoms with Gasteiger partial charge in [-0.2, -0.15) is 0 Å². The van der Waals surface area contributed by atoms with E-state index in [0.29, 0.717) is 12.6 Å². The second kappa shape index (κ2) is 5.24. The molecule has 0 aliphatic heterocycles. The maximum atomic E-state index is 9.31. The number of aliphatic hydroxyl groups is 1. The molecule has 4 heteroatoms. The molecule has 0 bridgehead atoms. The van der Waals surface area contributed by atoms with Crippen LogP contribution in [0.25, 0.3) is 10.1 Å². The van der Waals surface area contributed by atoms with E-state index in [0.717, 1.165) is 5.82 Å². The molecule has 96 valence electrons. The molecule has 2 aromatic heterocycles. The van der Waals surface area contributed by atoms with Crippen molar-refractivity contribution in [1.29, 1.82) is 0 Å². The largest absolute Gasteiger partial charge is 0.395 e. The molecule has 3 nitrogen and oxygen atoms in total. The van der Waals surface area contributed by atoms with E-state index in [4.69, 9.17) is 0 Å². The van der Waals surface area contributed by atoms with E-state index in [-0.39, 0.29) is 6.61 Å². The summed E-state index contributed by atoms with van der Waals surface area (Å²) < 4.78 is 1.28. The van der Waals surface area contributed by atoms with Crippen molar-refractivity contribution in [2.24, 2.45) is 0 Å². The first-order valence-electron chi connectivity index (χ1n) is 6.60. The molecule has 1 N–H and O–H groups in total. The van der Waals surface area contributed by atoms with Crippen LogP contribution in [0.3, 0.4) is 0 Å². The smallest absolute Gasteiger partial charge is 0.137 e. The monoisotopic (exact) mass is 262 g/mol. The maximum absolute atomic E-state index is 9.31. The number of rotatable bonds is 4. The molecule has 0 saturated heterocycles. The third-order valence-corrected chi connectivity index (χ3v) is 4.62. The van der Waals surface area contributed by atoms with Gasteiger partial charge in [-0.25, -0.2) is 4.98 Å². The van der Waals surface area contributed by atoms with Gasteiger partial charge in [0, 0.05) is 28.9 Å². The lowest BCUT2D eigenvalue weighted by Crippen LogP contribution is -2.36. The summed E-state index contributed by atoms with van der Waals surface area (Å²) in [4.78, 5) is 6.87. The van der Waals surface area contributed by atoms with Crippen LogP contribution in [0.1, 0.15) is 25.7 Å². The average Bonchev–Trinajstić information content (AvgIpc) is 3.06. The van der Waals surface area contributed by atoms with E-state index in [1.807, 2.05) is 6.20 Å². The highest BCUT2D eigenvalue weighted by atomic mass is 32.1. The minimum Gasteiger partial charge on any atom is -0.395 e. The van der Waals surface area contributed by atoms with Crippen molar-refractivity contribution in [1.82, 2.24) is 4.98 Å². The molecule has 1 fully saturated rings. The Balaban J connectivity index is 2.00. The Labute approximate surface area is 111 Å². The quantitative estimate of drug-likeness (QED) is 0.920. The van der Waals surface area contributed by atoms with Crippen molar-refractivity contribution in [2.75, 3.05) is 18.1 Å². The average molecular weight is 262 g/mol. The van der Waals surface area contributed by atoms with E-state index in [2.05, 4.69) is 27.4 Å². The van der Waals surface area contributed by atoms with E-state index in [9.17, 15) is 5.11 Å². The number of aromatic nitrogens is 1. The van der Waals surface area contributed by atoms with Gasteiger partial charge in [0.05, 0.1) is 6.61 Å². The predicted octanol–water partition coefficient (Wildman–Crippen LogP) is 3.04. The number of nitrogens with zero attached hydrogens (tertiary/aromatic N) is 2. The minimum atomic E-state index is 0.193. The van der Waals surface area contributed by atoms with Gasteiger partial charge in [0.15, 0.2) is 0 Å². The highest BCUT2D eigenvalue weighted by molar-refractivity contribution is 7.17. The van der Waals surface area contributed by atoms with Crippen molar-refractivity contribution < 1.29 is 5.11 Å². The summed E-state index contributed by atoms with van der Waals surface area (Å²) >= 11 is 1.75. The summed E-state index contributed by atoms with van der Waals surface area (Å²) in [6, 6.07) is 4.76. The zero-order valence-corrected chi connectivity index (χ0v) is 11.2. The summed E-state index contributed by atoms with van der Waals surface area (Å²) in [7, 11) is 0. The lowest BCUT2D eigenvalue weighted by Gasteiger charge is -2.30. The molecule has 0 aromatic carbocycles. The third kappa shape index (κ3) is 2.10. The van der Waals surface area contributed by atoms with Gasteiger partial charge < -0.3 is 10.0 Å². The summed E-state index contributed by atoms with van der Waals surface area (Å²) in [5.41, 5.74) is 0. The molecule has 1 aliphatic rings. The van der Waals surface area contributed by atoms with E-state index < -0.39 is 0 Å². The van der Waals surface area contributed by atoms with Crippen molar-refractivity contribution in [2.45, 2.75) is 31.7 Å². The number of pyridine rings is 1. The van der Waals surface area contributed by atoms with Crippen LogP contribution in [0.4, 0.5) is 5.82 Å². The van der Waals surface area contributed by atoms with Gasteiger partial charge in [-0.05, 0) is 30.4 Å². The van der Waals surface area contributed by atoms with Gasteiger partial charge >= 0.3 is 0 Å². The fourth-order valence-electron chi connectivity index (χ4n) is 2.89. The third-order valence-electron chi connectivity index (χ3n) is 3.74. The summed E-state index contributed by atoms with van der Waals surface area (Å²) in [5, 5.41) is 12.7. The molecule has 3 rings (SSSR count). The molecule has 0 unspecified atom stereocenters. The molecule has 0 spiro atoms. The van der Waals surface area contributed by atoms with Crippen molar-refractivity contribution in [3.63, 3.8) is 0 Å². The van der Waals surface area contributed by atoms with Gasteiger partial charge in [0.2, 0.25) is 0 Å². The van der Waals surface area contributed by atoms with Crippen molar-refractivity contribution in [3.8, 4) is 0 Å². The molecule has 0 atom stereocenters. The fourth-order valence-corrected chi connectivity index (χ4v) is 3.67. The van der Waals surface area contributed by atoms with Crippen LogP contribution < -0.4 is 4.90 Å². The number of hydrogen-bond donors (Lipinski definition) is 1. The lowest BCUT2D eigenvalue weighted by atomic mass is 10.2. The van der Waals surface area contributed by atoms with Gasteiger partial charge in [-0.3, -0.25) is 0 Å². The molecule has 2 heterocycles. The molecule has 1 aliphatic carbocycles. The van der Waals surface area contributed by atoms with Crippen molar-refractivity contribution in [3.05, 3.63) is 23.7 Å². The Bertz CT molecular complexity index is 519. The zero-order chi connectivity index (χ0) is 12.4. The Morgan fingerprint density at radius 2 is 2.17 bits per heavy atom. The van der Waals surface area contributed by atoms with Crippen molar-refractivity contribution >= 4 is 27.2 Å². The second-order valence-electron chi connectivity index (χ2n) is 4.82. The standard InChI is InChI=1S/C14H18N2OS/c17-9-8-16(11-3-1-2-4-11)14-12-6-10-18-13(12)5-7-15-14/h5-7,10-11,17H,1-4,8-9H2. The Kier molecular flexibility index (Phi) is 3.48. The first kappa shape index (κ1) is 11.9. The number of thiophene rings is 1. The molecular formula is C14H18N2OS. The van der Waals surface area contributed by atoms with E-state index in [1.165, 1.54) is 35.8 Å². The second-order valence-corrected chi connectivity index (χ2v) is 5.77.